The second kappa shape index (κ2) is 7.87. The quantitative estimate of drug-likeness (QED) is 0.750. The van der Waals surface area contributed by atoms with Crippen LogP contribution in [-0.4, -0.2) is 74.7 Å². The van der Waals surface area contributed by atoms with Gasteiger partial charge in [-0.25, -0.2) is 0 Å². The third kappa shape index (κ3) is 4.79. The van der Waals surface area contributed by atoms with Crippen molar-refractivity contribution < 1.29 is 9.53 Å². The van der Waals surface area contributed by atoms with Crippen molar-refractivity contribution in [2.75, 3.05) is 59.0 Å². The number of piperazine rings is 1. The van der Waals surface area contributed by atoms with Crippen LogP contribution in [0.3, 0.4) is 0 Å². The average molecular weight is 264 g/mol. The fourth-order valence-electron chi connectivity index (χ4n) is 2.15. The fourth-order valence-corrected chi connectivity index (χ4v) is 2.15. The van der Waals surface area contributed by atoms with Gasteiger partial charge in [0.05, 0.1) is 13.2 Å². The number of hydrogen-bond donors (Lipinski definition) is 1. The van der Waals surface area contributed by atoms with Crippen LogP contribution < -0.4 is 5.32 Å². The topological polar surface area (TPSA) is 44.8 Å². The minimum atomic E-state index is 0. The number of halogens is 1. The molecule has 0 atom stereocenters. The highest BCUT2D eigenvalue weighted by Crippen LogP contribution is 2.01. The van der Waals surface area contributed by atoms with Gasteiger partial charge in [-0.15, -0.1) is 12.4 Å². The lowest BCUT2D eigenvalue weighted by Crippen LogP contribution is -2.47. The van der Waals surface area contributed by atoms with Crippen LogP contribution in [0.15, 0.2) is 0 Å². The van der Waals surface area contributed by atoms with E-state index in [0.29, 0.717) is 12.3 Å². The molecular weight excluding hydrogens is 242 g/mol. The van der Waals surface area contributed by atoms with Gasteiger partial charge < -0.3 is 15.0 Å². The van der Waals surface area contributed by atoms with E-state index in [0.717, 1.165) is 59.0 Å². The molecular formula is C11H22ClN3O2. The Morgan fingerprint density at radius 3 is 2.41 bits per heavy atom. The van der Waals surface area contributed by atoms with E-state index in [1.54, 1.807) is 0 Å². The summed E-state index contributed by atoms with van der Waals surface area (Å²) in [6, 6.07) is 0. The van der Waals surface area contributed by atoms with Crippen molar-refractivity contribution in [3.63, 3.8) is 0 Å². The molecule has 6 heteroatoms. The minimum Gasteiger partial charge on any atom is -0.379 e. The zero-order valence-electron chi connectivity index (χ0n) is 10.2. The van der Waals surface area contributed by atoms with Crippen LogP contribution in [0.1, 0.15) is 6.42 Å². The lowest BCUT2D eigenvalue weighted by Gasteiger charge is -2.30. The molecule has 0 aromatic heterocycles. The first-order chi connectivity index (χ1) is 7.86. The van der Waals surface area contributed by atoms with Crippen molar-refractivity contribution in [3.05, 3.63) is 0 Å². The highest BCUT2D eigenvalue weighted by molar-refractivity contribution is 5.85. The van der Waals surface area contributed by atoms with Crippen LogP contribution in [0.2, 0.25) is 0 Å². The Kier molecular flexibility index (Phi) is 6.80. The van der Waals surface area contributed by atoms with Crippen LogP contribution >= 0.6 is 12.4 Å². The van der Waals surface area contributed by atoms with E-state index in [1.807, 2.05) is 4.90 Å². The normalized spacial score (nSPS) is 22.0. The average Bonchev–Trinajstić information content (AvgIpc) is 2.38. The number of nitrogens with one attached hydrogen (secondary N) is 1. The first kappa shape index (κ1) is 14.7. The number of morpholine rings is 1. The van der Waals surface area contributed by atoms with Crippen molar-refractivity contribution in [1.29, 1.82) is 0 Å². The van der Waals surface area contributed by atoms with Crippen molar-refractivity contribution in [2.45, 2.75) is 6.42 Å². The molecule has 0 aliphatic carbocycles. The second-order valence-electron chi connectivity index (χ2n) is 4.33. The first-order valence-electron chi connectivity index (χ1n) is 6.15. The monoisotopic (exact) mass is 263 g/mol. The van der Waals surface area contributed by atoms with Gasteiger partial charge in [-0.1, -0.05) is 0 Å². The van der Waals surface area contributed by atoms with Gasteiger partial charge in [-0.3, -0.25) is 9.69 Å². The number of ether oxygens (including phenoxy) is 1. The van der Waals surface area contributed by atoms with Crippen LogP contribution in [0.4, 0.5) is 0 Å². The van der Waals surface area contributed by atoms with Gasteiger partial charge in [-0.05, 0) is 0 Å². The van der Waals surface area contributed by atoms with E-state index in [2.05, 4.69) is 10.2 Å². The SMILES string of the molecule is Cl.O=C(CCN1CCOCC1)N1CCNCC1. The summed E-state index contributed by atoms with van der Waals surface area (Å²) in [5.74, 6) is 0.299. The van der Waals surface area contributed by atoms with Gasteiger partial charge in [0.1, 0.15) is 0 Å². The zero-order chi connectivity index (χ0) is 11.2. The first-order valence-corrected chi connectivity index (χ1v) is 6.15. The molecule has 0 radical (unpaired) electrons. The molecule has 2 aliphatic rings. The number of carbonyl (C=O) groups is 1. The summed E-state index contributed by atoms with van der Waals surface area (Å²) in [5, 5.41) is 3.25. The predicted molar refractivity (Wildman–Crippen MR) is 68.6 cm³/mol. The molecule has 1 N–H and O–H groups in total. The summed E-state index contributed by atoms with van der Waals surface area (Å²) >= 11 is 0. The summed E-state index contributed by atoms with van der Waals surface area (Å²) in [6.45, 7) is 8.02. The molecule has 0 bridgehead atoms. The Morgan fingerprint density at radius 2 is 1.76 bits per heavy atom. The molecule has 0 spiro atoms. The van der Waals surface area contributed by atoms with Gasteiger partial charge in [0.15, 0.2) is 0 Å². The third-order valence-corrected chi connectivity index (χ3v) is 3.22. The highest BCUT2D eigenvalue weighted by atomic mass is 35.5. The molecule has 2 rings (SSSR count). The number of hydrogen-bond acceptors (Lipinski definition) is 4. The lowest BCUT2D eigenvalue weighted by molar-refractivity contribution is -0.132. The van der Waals surface area contributed by atoms with E-state index in [1.165, 1.54) is 0 Å². The maximum absolute atomic E-state index is 11.9. The lowest BCUT2D eigenvalue weighted by atomic mass is 10.3. The van der Waals surface area contributed by atoms with Gasteiger partial charge in [0, 0.05) is 52.2 Å². The summed E-state index contributed by atoms with van der Waals surface area (Å²) in [7, 11) is 0. The Bertz CT molecular complexity index is 229. The van der Waals surface area contributed by atoms with Crippen LogP contribution in [0, 0.1) is 0 Å². The van der Waals surface area contributed by atoms with E-state index >= 15 is 0 Å². The molecule has 100 valence electrons. The second-order valence-corrected chi connectivity index (χ2v) is 4.33. The van der Waals surface area contributed by atoms with Gasteiger partial charge in [0.2, 0.25) is 5.91 Å². The maximum atomic E-state index is 11.9. The Hall–Kier alpha value is -0.360. The Morgan fingerprint density at radius 1 is 1.12 bits per heavy atom. The minimum absolute atomic E-state index is 0. The molecule has 2 saturated heterocycles. The standard InChI is InChI=1S/C11H21N3O2.ClH/c15-11(14-5-2-12-3-6-14)1-4-13-7-9-16-10-8-13;/h12H,1-10H2;1H. The molecule has 2 fully saturated rings. The molecule has 0 aromatic rings. The molecule has 17 heavy (non-hydrogen) atoms. The molecule has 1 amide bonds. The van der Waals surface area contributed by atoms with E-state index in [-0.39, 0.29) is 12.4 Å². The number of nitrogens with zero attached hydrogens (tertiary/aromatic N) is 2. The highest BCUT2D eigenvalue weighted by Gasteiger charge is 2.17. The number of amides is 1. The largest absolute Gasteiger partial charge is 0.379 e. The molecule has 0 unspecified atom stereocenters. The van der Waals surface area contributed by atoms with Crippen LogP contribution in [0.5, 0.6) is 0 Å². The van der Waals surface area contributed by atoms with E-state index < -0.39 is 0 Å². The Labute approximate surface area is 109 Å². The van der Waals surface area contributed by atoms with Gasteiger partial charge in [0.25, 0.3) is 0 Å². The van der Waals surface area contributed by atoms with Crippen molar-refractivity contribution in [3.8, 4) is 0 Å². The summed E-state index contributed by atoms with van der Waals surface area (Å²) in [6.07, 6.45) is 0.653. The predicted octanol–water partition coefficient (Wildman–Crippen LogP) is -0.438. The fraction of sp³-hybridized carbons (Fsp3) is 0.909. The summed E-state index contributed by atoms with van der Waals surface area (Å²) < 4.78 is 5.28. The van der Waals surface area contributed by atoms with Gasteiger partial charge in [-0.2, -0.15) is 0 Å². The van der Waals surface area contributed by atoms with Gasteiger partial charge >= 0.3 is 0 Å². The molecule has 0 saturated carbocycles. The van der Waals surface area contributed by atoms with E-state index in [4.69, 9.17) is 4.74 Å². The summed E-state index contributed by atoms with van der Waals surface area (Å²) in [5.41, 5.74) is 0. The third-order valence-electron chi connectivity index (χ3n) is 3.22. The zero-order valence-corrected chi connectivity index (χ0v) is 11.0. The van der Waals surface area contributed by atoms with E-state index in [9.17, 15) is 4.79 Å². The Balaban J connectivity index is 0.00000144. The van der Waals surface area contributed by atoms with Crippen molar-refractivity contribution >= 4 is 18.3 Å². The molecule has 2 aliphatic heterocycles. The van der Waals surface area contributed by atoms with Crippen LogP contribution in [0.25, 0.3) is 0 Å². The number of carbonyl (C=O) groups excluding carboxylic acids is 1. The smallest absolute Gasteiger partial charge is 0.223 e. The van der Waals surface area contributed by atoms with Crippen molar-refractivity contribution in [1.82, 2.24) is 15.1 Å². The number of rotatable bonds is 3. The molecule has 5 nitrogen and oxygen atoms in total. The molecule has 2 heterocycles. The summed E-state index contributed by atoms with van der Waals surface area (Å²) in [4.78, 5) is 16.2. The van der Waals surface area contributed by atoms with Crippen LogP contribution in [-0.2, 0) is 9.53 Å². The molecule has 0 aromatic carbocycles. The maximum Gasteiger partial charge on any atom is 0.223 e. The van der Waals surface area contributed by atoms with Crippen molar-refractivity contribution in [2.24, 2.45) is 0 Å².